The lowest BCUT2D eigenvalue weighted by molar-refractivity contribution is -0.144. The van der Waals surface area contributed by atoms with Crippen LogP contribution in [-0.4, -0.2) is 33.7 Å². The number of aromatic nitrogens is 1. The molecular weight excluding hydrogens is 216 g/mol. The molecule has 0 spiro atoms. The Hall–Kier alpha value is -1.58. The van der Waals surface area contributed by atoms with Crippen LogP contribution in [0.5, 0.6) is 0 Å². The first kappa shape index (κ1) is 11.9. The number of hydrogen-bond acceptors (Lipinski definition) is 2. The molecule has 1 N–H and O–H groups in total. The maximum Gasteiger partial charge on any atom is 0.227 e. The fourth-order valence-corrected chi connectivity index (χ4v) is 2.21. The van der Waals surface area contributed by atoms with Crippen LogP contribution in [-0.2, 0) is 16.0 Å². The number of carbonyl (C=O) groups is 2. The summed E-state index contributed by atoms with van der Waals surface area (Å²) < 4.78 is 0. The Balaban J connectivity index is 2.09. The fraction of sp³-hybridized carbons (Fsp3) is 0.538. The van der Waals surface area contributed by atoms with E-state index in [9.17, 15) is 9.59 Å². The van der Waals surface area contributed by atoms with Crippen molar-refractivity contribution in [2.24, 2.45) is 0 Å². The summed E-state index contributed by atoms with van der Waals surface area (Å²) in [4.78, 5) is 28.3. The molecule has 0 saturated carbocycles. The van der Waals surface area contributed by atoms with Crippen molar-refractivity contribution in [3.8, 4) is 0 Å². The van der Waals surface area contributed by atoms with E-state index in [0.717, 1.165) is 12.0 Å². The molecule has 1 saturated heterocycles. The van der Waals surface area contributed by atoms with Gasteiger partial charge in [0.15, 0.2) is 5.78 Å². The Morgan fingerprint density at radius 1 is 1.53 bits per heavy atom. The van der Waals surface area contributed by atoms with Crippen LogP contribution in [0.1, 0.15) is 32.3 Å². The minimum Gasteiger partial charge on any atom is -0.367 e. The lowest BCUT2D eigenvalue weighted by Crippen LogP contribution is -2.54. The zero-order valence-corrected chi connectivity index (χ0v) is 10.3. The van der Waals surface area contributed by atoms with E-state index >= 15 is 0 Å². The first-order valence-corrected chi connectivity index (χ1v) is 5.93. The number of piperidine rings is 1. The van der Waals surface area contributed by atoms with E-state index in [4.69, 9.17) is 0 Å². The number of hydrogen-bond donors (Lipinski definition) is 1. The van der Waals surface area contributed by atoms with Gasteiger partial charge in [0.05, 0.1) is 13.0 Å². The molecule has 1 amide bonds. The molecule has 2 heterocycles. The van der Waals surface area contributed by atoms with Crippen molar-refractivity contribution in [2.75, 3.05) is 6.54 Å². The van der Waals surface area contributed by atoms with Crippen LogP contribution in [0.4, 0.5) is 0 Å². The number of aromatic amines is 1. The number of rotatable bonds is 2. The highest BCUT2D eigenvalue weighted by Gasteiger charge is 2.36. The zero-order chi connectivity index (χ0) is 12.5. The molecule has 0 bridgehead atoms. The summed E-state index contributed by atoms with van der Waals surface area (Å²) in [6, 6.07) is 1.89. The van der Waals surface area contributed by atoms with Gasteiger partial charge in [0.2, 0.25) is 5.91 Å². The lowest BCUT2D eigenvalue weighted by atomic mass is 9.89. The molecule has 17 heavy (non-hydrogen) atoms. The predicted octanol–water partition coefficient (Wildman–Crippen LogP) is 1.53. The fourth-order valence-electron chi connectivity index (χ4n) is 2.21. The molecule has 4 heteroatoms. The van der Waals surface area contributed by atoms with Crippen molar-refractivity contribution < 1.29 is 9.59 Å². The van der Waals surface area contributed by atoms with E-state index in [1.54, 1.807) is 11.1 Å². The molecule has 0 aromatic carbocycles. The first-order valence-electron chi connectivity index (χ1n) is 5.93. The second-order valence-electron chi connectivity index (χ2n) is 5.23. The minimum absolute atomic E-state index is 0.0302. The standard InChI is InChI=1S/C13H18N2O2/c1-13(2)5-3-11(16)9-15(13)12(17)7-10-4-6-14-8-10/h4,6,8,14H,3,5,7,9H2,1-2H3. The van der Waals surface area contributed by atoms with E-state index in [1.165, 1.54) is 0 Å². The molecule has 1 aliphatic heterocycles. The zero-order valence-electron chi connectivity index (χ0n) is 10.3. The third-order valence-corrected chi connectivity index (χ3v) is 3.40. The Labute approximate surface area is 101 Å². The predicted molar refractivity (Wildman–Crippen MR) is 64.5 cm³/mol. The molecule has 4 nitrogen and oxygen atoms in total. The SMILES string of the molecule is CC1(C)CCC(=O)CN1C(=O)Cc1cc[nH]c1. The van der Waals surface area contributed by atoms with Gasteiger partial charge in [-0.3, -0.25) is 9.59 Å². The monoisotopic (exact) mass is 234 g/mol. The summed E-state index contributed by atoms with van der Waals surface area (Å²) in [5.74, 6) is 0.189. The minimum atomic E-state index is -0.207. The largest absolute Gasteiger partial charge is 0.367 e. The van der Waals surface area contributed by atoms with Gasteiger partial charge < -0.3 is 9.88 Å². The van der Waals surface area contributed by atoms with Crippen molar-refractivity contribution in [3.05, 3.63) is 24.0 Å². The molecule has 0 radical (unpaired) electrons. The molecule has 0 atom stereocenters. The van der Waals surface area contributed by atoms with E-state index in [2.05, 4.69) is 4.98 Å². The van der Waals surface area contributed by atoms with Crippen molar-refractivity contribution in [2.45, 2.75) is 38.6 Å². The van der Waals surface area contributed by atoms with E-state index in [0.29, 0.717) is 12.8 Å². The van der Waals surface area contributed by atoms with Gasteiger partial charge in [-0.2, -0.15) is 0 Å². The van der Waals surface area contributed by atoms with Crippen LogP contribution >= 0.6 is 0 Å². The van der Waals surface area contributed by atoms with Gasteiger partial charge in [-0.1, -0.05) is 0 Å². The molecule has 1 aromatic rings. The van der Waals surface area contributed by atoms with Gasteiger partial charge in [-0.15, -0.1) is 0 Å². The van der Waals surface area contributed by atoms with E-state index in [-0.39, 0.29) is 23.8 Å². The number of carbonyl (C=O) groups excluding carboxylic acids is 2. The number of Topliss-reactive ketones (excluding diaryl/α,β-unsaturated/α-hetero) is 1. The maximum atomic E-state index is 12.2. The second kappa shape index (κ2) is 4.35. The van der Waals surface area contributed by atoms with Gasteiger partial charge in [-0.05, 0) is 31.9 Å². The molecule has 1 fully saturated rings. The Morgan fingerprint density at radius 2 is 2.29 bits per heavy atom. The highest BCUT2D eigenvalue weighted by molar-refractivity contribution is 5.88. The summed E-state index contributed by atoms with van der Waals surface area (Å²) in [6.45, 7) is 4.30. The number of amides is 1. The molecule has 0 aliphatic carbocycles. The summed E-state index contributed by atoms with van der Waals surface area (Å²) in [5, 5.41) is 0. The van der Waals surface area contributed by atoms with Crippen molar-refractivity contribution in [3.63, 3.8) is 0 Å². The van der Waals surface area contributed by atoms with Crippen LogP contribution in [0, 0.1) is 0 Å². The lowest BCUT2D eigenvalue weighted by Gasteiger charge is -2.41. The molecule has 2 rings (SSSR count). The summed E-state index contributed by atoms with van der Waals surface area (Å²) in [6.07, 6.45) is 5.32. The van der Waals surface area contributed by atoms with Crippen LogP contribution in [0.3, 0.4) is 0 Å². The van der Waals surface area contributed by atoms with Gasteiger partial charge >= 0.3 is 0 Å². The van der Waals surface area contributed by atoms with Crippen LogP contribution in [0.2, 0.25) is 0 Å². The normalized spacial score (nSPS) is 19.4. The first-order chi connectivity index (χ1) is 7.99. The topological polar surface area (TPSA) is 53.2 Å². The smallest absolute Gasteiger partial charge is 0.227 e. The van der Waals surface area contributed by atoms with Crippen molar-refractivity contribution in [1.29, 1.82) is 0 Å². The number of ketones is 1. The Morgan fingerprint density at radius 3 is 2.94 bits per heavy atom. The van der Waals surface area contributed by atoms with E-state index < -0.39 is 0 Å². The summed E-state index contributed by atoms with van der Waals surface area (Å²) in [5.41, 5.74) is 0.755. The molecular formula is C13H18N2O2. The number of nitrogens with zero attached hydrogens (tertiary/aromatic N) is 1. The van der Waals surface area contributed by atoms with Gasteiger partial charge in [0, 0.05) is 24.4 Å². The van der Waals surface area contributed by atoms with Crippen LogP contribution in [0.15, 0.2) is 18.5 Å². The molecule has 1 aliphatic rings. The highest BCUT2D eigenvalue weighted by Crippen LogP contribution is 2.26. The maximum absolute atomic E-state index is 12.2. The summed E-state index contributed by atoms with van der Waals surface area (Å²) >= 11 is 0. The number of likely N-dealkylation sites (tertiary alicyclic amines) is 1. The second-order valence-corrected chi connectivity index (χ2v) is 5.23. The average Bonchev–Trinajstić information content (AvgIpc) is 2.74. The number of nitrogens with one attached hydrogen (secondary N) is 1. The Bertz CT molecular complexity index is 421. The number of H-pyrrole nitrogens is 1. The van der Waals surface area contributed by atoms with Gasteiger partial charge in [-0.25, -0.2) is 0 Å². The third-order valence-electron chi connectivity index (χ3n) is 3.40. The van der Waals surface area contributed by atoms with Crippen molar-refractivity contribution in [1.82, 2.24) is 9.88 Å². The molecule has 92 valence electrons. The van der Waals surface area contributed by atoms with Gasteiger partial charge in [0.25, 0.3) is 0 Å². The molecule has 0 unspecified atom stereocenters. The quantitative estimate of drug-likeness (QED) is 0.843. The molecule has 1 aromatic heterocycles. The average molecular weight is 234 g/mol. The van der Waals surface area contributed by atoms with Gasteiger partial charge in [0.1, 0.15) is 0 Å². The van der Waals surface area contributed by atoms with Crippen LogP contribution in [0.25, 0.3) is 0 Å². The third kappa shape index (κ3) is 2.57. The Kier molecular flexibility index (Phi) is 3.05. The highest BCUT2D eigenvalue weighted by atomic mass is 16.2. The van der Waals surface area contributed by atoms with Crippen LogP contribution < -0.4 is 0 Å². The summed E-state index contributed by atoms with van der Waals surface area (Å²) in [7, 11) is 0. The van der Waals surface area contributed by atoms with Crippen molar-refractivity contribution >= 4 is 11.7 Å². The van der Waals surface area contributed by atoms with E-state index in [1.807, 2.05) is 26.1 Å².